The van der Waals surface area contributed by atoms with E-state index in [1.165, 1.54) is 16.3 Å². The van der Waals surface area contributed by atoms with E-state index in [2.05, 4.69) is 37.3 Å². The van der Waals surface area contributed by atoms with Crippen LogP contribution in [0.15, 0.2) is 42.5 Å². The molecule has 0 aliphatic rings. The van der Waals surface area contributed by atoms with Crippen molar-refractivity contribution < 1.29 is 5.11 Å². The number of unbranched alkanes of at least 4 members (excludes halogenated alkanes) is 1. The smallest absolute Gasteiger partial charge is 0.0891 e. The van der Waals surface area contributed by atoms with E-state index >= 15 is 0 Å². The van der Waals surface area contributed by atoms with Gasteiger partial charge in [0.1, 0.15) is 0 Å². The van der Waals surface area contributed by atoms with Gasteiger partial charge in [-0.2, -0.15) is 0 Å². The minimum atomic E-state index is -0.00594. The van der Waals surface area contributed by atoms with E-state index in [1.807, 2.05) is 12.1 Å². The molecule has 2 aromatic rings. The Hall–Kier alpha value is -1.34. The van der Waals surface area contributed by atoms with Gasteiger partial charge in [-0.1, -0.05) is 62.2 Å². The average molecular weight is 227 g/mol. The molecule has 0 saturated heterocycles. The highest BCUT2D eigenvalue weighted by Gasteiger charge is 2.13. The summed E-state index contributed by atoms with van der Waals surface area (Å²) in [4.78, 5) is 0. The van der Waals surface area contributed by atoms with Crippen molar-refractivity contribution in [1.82, 2.24) is 0 Å². The fourth-order valence-corrected chi connectivity index (χ4v) is 2.39. The maximum atomic E-state index is 11.4. The highest BCUT2D eigenvalue weighted by Crippen LogP contribution is 2.28. The molecule has 89 valence electrons. The van der Waals surface area contributed by atoms with E-state index in [4.69, 9.17) is 0 Å². The van der Waals surface area contributed by atoms with E-state index in [0.717, 1.165) is 19.3 Å². The molecule has 2 aromatic carbocycles. The van der Waals surface area contributed by atoms with Crippen molar-refractivity contribution >= 4 is 10.8 Å². The van der Waals surface area contributed by atoms with Crippen molar-refractivity contribution in [2.75, 3.05) is 6.61 Å². The van der Waals surface area contributed by atoms with Gasteiger partial charge in [-0.15, -0.1) is 0 Å². The summed E-state index contributed by atoms with van der Waals surface area (Å²) in [6.07, 6.45) is 3.30. The average Bonchev–Trinajstić information content (AvgIpc) is 2.40. The molecule has 1 atom stereocenters. The lowest BCUT2D eigenvalue weighted by molar-refractivity contribution is 0.168. The third-order valence-electron chi connectivity index (χ3n) is 3.37. The van der Waals surface area contributed by atoms with Gasteiger partial charge >= 0.3 is 0 Å². The number of fused-ring (bicyclic) bond motifs is 1. The van der Waals surface area contributed by atoms with Crippen LogP contribution in [0.3, 0.4) is 0 Å². The Labute approximate surface area is 103 Å². The van der Waals surface area contributed by atoms with E-state index in [-0.39, 0.29) is 12.5 Å². The Kier molecular flexibility index (Phi) is 4.16. The second-order valence-electron chi connectivity index (χ2n) is 4.57. The van der Waals surface area contributed by atoms with Crippen molar-refractivity contribution in [3.63, 3.8) is 0 Å². The van der Waals surface area contributed by atoms with Crippen molar-refractivity contribution in [1.29, 1.82) is 0 Å². The maximum absolute atomic E-state index is 11.4. The molecule has 0 aromatic heterocycles. The third kappa shape index (κ3) is 2.67. The summed E-state index contributed by atoms with van der Waals surface area (Å²) in [6.45, 7) is 2.17. The summed E-state index contributed by atoms with van der Waals surface area (Å²) >= 11 is 0. The molecule has 17 heavy (non-hydrogen) atoms. The van der Waals surface area contributed by atoms with Gasteiger partial charge in [0.05, 0.1) is 6.61 Å². The highest BCUT2D eigenvalue weighted by atomic mass is 16.3. The topological polar surface area (TPSA) is 19.9 Å². The molecule has 0 saturated carbocycles. The third-order valence-corrected chi connectivity index (χ3v) is 3.37. The fraction of sp³-hybridized carbons (Fsp3) is 0.375. The van der Waals surface area contributed by atoms with Crippen molar-refractivity contribution in [2.24, 2.45) is 0 Å². The molecule has 0 amide bonds. The monoisotopic (exact) mass is 227 g/mol. The van der Waals surface area contributed by atoms with Crippen LogP contribution in [0.1, 0.15) is 37.7 Å². The van der Waals surface area contributed by atoms with Gasteiger partial charge in [0, 0.05) is 5.92 Å². The van der Waals surface area contributed by atoms with E-state index in [0.29, 0.717) is 0 Å². The van der Waals surface area contributed by atoms with Gasteiger partial charge in [-0.25, -0.2) is 5.11 Å². The Bertz CT molecular complexity index is 470. The molecule has 0 spiro atoms. The first-order valence-electron chi connectivity index (χ1n) is 6.42. The van der Waals surface area contributed by atoms with Crippen LogP contribution < -0.4 is 0 Å². The Morgan fingerprint density at radius 3 is 2.59 bits per heavy atom. The molecule has 0 N–H and O–H groups in total. The lowest BCUT2D eigenvalue weighted by atomic mass is 9.90. The van der Waals surface area contributed by atoms with Gasteiger partial charge in [0.25, 0.3) is 0 Å². The zero-order chi connectivity index (χ0) is 12.1. The Balaban J connectivity index is 2.38. The SMILES string of the molecule is CCCCC(C[O])c1cccc2ccccc12. The quantitative estimate of drug-likeness (QED) is 0.714. The molecule has 0 aliphatic carbocycles. The van der Waals surface area contributed by atoms with Crippen LogP contribution in [0.2, 0.25) is 0 Å². The van der Waals surface area contributed by atoms with Gasteiger partial charge in [-0.3, -0.25) is 0 Å². The van der Waals surface area contributed by atoms with Crippen LogP contribution in [0.5, 0.6) is 0 Å². The van der Waals surface area contributed by atoms with E-state index < -0.39 is 0 Å². The van der Waals surface area contributed by atoms with E-state index in [1.54, 1.807) is 0 Å². The van der Waals surface area contributed by atoms with Crippen LogP contribution in [0.4, 0.5) is 0 Å². The summed E-state index contributed by atoms with van der Waals surface area (Å²) in [5.41, 5.74) is 1.23. The summed E-state index contributed by atoms with van der Waals surface area (Å²) in [5, 5.41) is 13.9. The summed E-state index contributed by atoms with van der Waals surface area (Å²) in [5.74, 6) is 0.168. The van der Waals surface area contributed by atoms with E-state index in [9.17, 15) is 5.11 Å². The first kappa shape index (κ1) is 12.1. The number of hydrogen-bond acceptors (Lipinski definition) is 0. The molecule has 2 rings (SSSR count). The second-order valence-corrected chi connectivity index (χ2v) is 4.57. The Morgan fingerprint density at radius 2 is 1.82 bits per heavy atom. The van der Waals surface area contributed by atoms with Gasteiger partial charge in [-0.05, 0) is 22.8 Å². The van der Waals surface area contributed by atoms with Crippen molar-refractivity contribution in [3.05, 3.63) is 48.0 Å². The number of benzene rings is 2. The predicted molar refractivity (Wildman–Crippen MR) is 71.8 cm³/mol. The lowest BCUT2D eigenvalue weighted by Gasteiger charge is -2.15. The minimum absolute atomic E-state index is 0.00594. The summed E-state index contributed by atoms with van der Waals surface area (Å²) in [7, 11) is 0. The summed E-state index contributed by atoms with van der Waals surface area (Å²) in [6, 6.07) is 14.6. The highest BCUT2D eigenvalue weighted by molar-refractivity contribution is 5.86. The van der Waals surface area contributed by atoms with Crippen molar-refractivity contribution in [2.45, 2.75) is 32.1 Å². The van der Waals surface area contributed by atoms with Crippen LogP contribution in [-0.2, 0) is 5.11 Å². The molecular formula is C16H19O. The van der Waals surface area contributed by atoms with Gasteiger partial charge in [0.2, 0.25) is 0 Å². The maximum Gasteiger partial charge on any atom is 0.0891 e. The van der Waals surface area contributed by atoms with Gasteiger partial charge < -0.3 is 0 Å². The molecule has 1 radical (unpaired) electrons. The second kappa shape index (κ2) is 5.83. The van der Waals surface area contributed by atoms with Crippen LogP contribution in [-0.4, -0.2) is 6.61 Å². The molecule has 1 heteroatoms. The molecule has 0 aliphatic heterocycles. The van der Waals surface area contributed by atoms with Crippen LogP contribution >= 0.6 is 0 Å². The zero-order valence-electron chi connectivity index (χ0n) is 10.4. The first-order valence-corrected chi connectivity index (χ1v) is 6.42. The van der Waals surface area contributed by atoms with Crippen LogP contribution in [0, 0.1) is 0 Å². The lowest BCUT2D eigenvalue weighted by Crippen LogP contribution is -2.03. The van der Waals surface area contributed by atoms with Gasteiger partial charge in [0.15, 0.2) is 0 Å². The number of hydrogen-bond donors (Lipinski definition) is 0. The molecule has 1 nitrogen and oxygen atoms in total. The molecule has 0 bridgehead atoms. The minimum Gasteiger partial charge on any atom is -0.236 e. The molecule has 1 unspecified atom stereocenters. The van der Waals surface area contributed by atoms with Crippen molar-refractivity contribution in [3.8, 4) is 0 Å². The molecule has 0 heterocycles. The predicted octanol–water partition coefficient (Wildman–Crippen LogP) is 4.54. The Morgan fingerprint density at radius 1 is 1.06 bits per heavy atom. The van der Waals surface area contributed by atoms with Crippen LogP contribution in [0.25, 0.3) is 10.8 Å². The first-order chi connectivity index (χ1) is 8.36. The molecular weight excluding hydrogens is 208 g/mol. The standard InChI is InChI=1S/C16H19O/c1-2-3-7-14(12-17)16-11-6-9-13-8-4-5-10-15(13)16/h4-6,8-11,14H,2-3,7,12H2,1H3. The number of rotatable bonds is 5. The largest absolute Gasteiger partial charge is 0.236 e. The molecule has 0 fully saturated rings. The summed E-state index contributed by atoms with van der Waals surface area (Å²) < 4.78 is 0. The zero-order valence-corrected chi connectivity index (χ0v) is 10.4. The normalized spacial score (nSPS) is 12.8. The fourth-order valence-electron chi connectivity index (χ4n) is 2.39.